The summed E-state index contributed by atoms with van der Waals surface area (Å²) < 4.78 is 5.24. The number of hydrogen-bond acceptors (Lipinski definition) is 2. The van der Waals surface area contributed by atoms with Crippen molar-refractivity contribution in [2.75, 3.05) is 32.8 Å². The van der Waals surface area contributed by atoms with Crippen molar-refractivity contribution in [1.82, 2.24) is 4.90 Å². The summed E-state index contributed by atoms with van der Waals surface area (Å²) in [6, 6.07) is 0. The molecule has 0 atom stereocenters. The number of unbranched alkanes of at least 4 members (excludes halogenated alkanes) is 1. The van der Waals surface area contributed by atoms with Crippen LogP contribution in [0.1, 0.15) is 19.8 Å². The van der Waals surface area contributed by atoms with Crippen molar-refractivity contribution in [3.8, 4) is 0 Å². The minimum atomic E-state index is 0. The van der Waals surface area contributed by atoms with Crippen LogP contribution in [0.25, 0.3) is 0 Å². The Morgan fingerprint density at radius 2 is 1.91 bits per heavy atom. The van der Waals surface area contributed by atoms with E-state index < -0.39 is 0 Å². The maximum absolute atomic E-state index is 5.24. The van der Waals surface area contributed by atoms with Crippen molar-refractivity contribution >= 4 is 12.4 Å². The molecule has 0 aromatic carbocycles. The van der Waals surface area contributed by atoms with E-state index in [4.69, 9.17) is 4.74 Å². The second-order valence-corrected chi connectivity index (χ2v) is 2.81. The third kappa shape index (κ3) is 4.62. The van der Waals surface area contributed by atoms with Gasteiger partial charge in [0.1, 0.15) is 0 Å². The highest BCUT2D eigenvalue weighted by Crippen LogP contribution is 1.98. The summed E-state index contributed by atoms with van der Waals surface area (Å²) in [6.45, 7) is 7.65. The van der Waals surface area contributed by atoms with Gasteiger partial charge in [-0.25, -0.2) is 0 Å². The van der Waals surface area contributed by atoms with Crippen LogP contribution in [-0.4, -0.2) is 37.7 Å². The lowest BCUT2D eigenvalue weighted by molar-refractivity contribution is 0.0373. The summed E-state index contributed by atoms with van der Waals surface area (Å²) in [6.07, 6.45) is 2.64. The number of rotatable bonds is 3. The molecule has 11 heavy (non-hydrogen) atoms. The largest absolute Gasteiger partial charge is 0.379 e. The molecule has 0 amide bonds. The van der Waals surface area contributed by atoms with Crippen molar-refractivity contribution < 1.29 is 4.74 Å². The SMILES string of the molecule is CCCCN1CCOCC1.Cl. The van der Waals surface area contributed by atoms with Crippen LogP contribution >= 0.6 is 12.4 Å². The zero-order valence-corrected chi connectivity index (χ0v) is 8.03. The van der Waals surface area contributed by atoms with Gasteiger partial charge in [0.25, 0.3) is 0 Å². The van der Waals surface area contributed by atoms with E-state index in [-0.39, 0.29) is 12.4 Å². The predicted octanol–water partition coefficient (Wildman–Crippen LogP) is 1.54. The van der Waals surface area contributed by atoms with Crippen LogP contribution in [0, 0.1) is 0 Å². The average molecular weight is 180 g/mol. The first-order valence-electron chi connectivity index (χ1n) is 4.23. The van der Waals surface area contributed by atoms with Gasteiger partial charge < -0.3 is 4.74 Å². The molecule has 3 heteroatoms. The lowest BCUT2D eigenvalue weighted by Gasteiger charge is -2.26. The van der Waals surface area contributed by atoms with Crippen molar-refractivity contribution in [1.29, 1.82) is 0 Å². The molecule has 0 radical (unpaired) electrons. The molecule has 1 aliphatic rings. The highest BCUT2D eigenvalue weighted by molar-refractivity contribution is 5.85. The fourth-order valence-corrected chi connectivity index (χ4v) is 1.21. The molecule has 0 saturated carbocycles. The Labute approximate surface area is 75.3 Å². The normalized spacial score (nSPS) is 19.4. The third-order valence-corrected chi connectivity index (χ3v) is 1.93. The first-order valence-corrected chi connectivity index (χ1v) is 4.23. The highest BCUT2D eigenvalue weighted by Gasteiger charge is 2.07. The van der Waals surface area contributed by atoms with Crippen molar-refractivity contribution in [2.24, 2.45) is 0 Å². The standard InChI is InChI=1S/C8H17NO.ClH/c1-2-3-4-9-5-7-10-8-6-9;/h2-8H2,1H3;1H. The number of ether oxygens (including phenoxy) is 1. The van der Waals surface area contributed by atoms with Crippen LogP contribution in [0.15, 0.2) is 0 Å². The first-order chi connectivity index (χ1) is 4.93. The second kappa shape index (κ2) is 6.89. The lowest BCUT2D eigenvalue weighted by atomic mass is 10.3. The number of morpholine rings is 1. The molecule has 0 aliphatic carbocycles. The Morgan fingerprint density at radius 1 is 1.27 bits per heavy atom. The molecular weight excluding hydrogens is 162 g/mol. The number of nitrogens with zero attached hydrogens (tertiary/aromatic N) is 1. The molecule has 0 spiro atoms. The topological polar surface area (TPSA) is 12.5 Å². The monoisotopic (exact) mass is 179 g/mol. The zero-order chi connectivity index (χ0) is 7.23. The van der Waals surface area contributed by atoms with E-state index in [9.17, 15) is 0 Å². The van der Waals surface area contributed by atoms with Crippen LogP contribution in [0.5, 0.6) is 0 Å². The average Bonchev–Trinajstić information content (AvgIpc) is 2.03. The summed E-state index contributed by atoms with van der Waals surface area (Å²) in [5, 5.41) is 0. The van der Waals surface area contributed by atoms with Crippen molar-refractivity contribution in [2.45, 2.75) is 19.8 Å². The maximum Gasteiger partial charge on any atom is 0.0594 e. The first kappa shape index (κ1) is 11.2. The van der Waals surface area contributed by atoms with Crippen molar-refractivity contribution in [3.05, 3.63) is 0 Å². The Kier molecular flexibility index (Phi) is 7.02. The van der Waals surface area contributed by atoms with Gasteiger partial charge in [-0.3, -0.25) is 4.90 Å². The molecule has 0 aromatic heterocycles. The van der Waals surface area contributed by atoms with Gasteiger partial charge in [-0.1, -0.05) is 13.3 Å². The molecule has 1 fully saturated rings. The Balaban J connectivity index is 0.000001000. The van der Waals surface area contributed by atoms with Gasteiger partial charge >= 0.3 is 0 Å². The molecule has 1 rings (SSSR count). The lowest BCUT2D eigenvalue weighted by Crippen LogP contribution is -2.36. The van der Waals surface area contributed by atoms with E-state index in [2.05, 4.69) is 11.8 Å². The maximum atomic E-state index is 5.24. The van der Waals surface area contributed by atoms with Gasteiger partial charge in [-0.2, -0.15) is 0 Å². The molecule has 1 heterocycles. The van der Waals surface area contributed by atoms with Crippen LogP contribution in [0.3, 0.4) is 0 Å². The molecule has 1 saturated heterocycles. The van der Waals surface area contributed by atoms with Crippen LogP contribution in [0.4, 0.5) is 0 Å². The Hall–Kier alpha value is 0.210. The van der Waals surface area contributed by atoms with Crippen molar-refractivity contribution in [3.63, 3.8) is 0 Å². The molecule has 0 unspecified atom stereocenters. The number of hydrogen-bond donors (Lipinski definition) is 0. The molecular formula is C8H18ClNO. The van der Waals surface area contributed by atoms with Crippen LogP contribution in [-0.2, 0) is 4.74 Å². The molecule has 68 valence electrons. The quantitative estimate of drug-likeness (QED) is 0.652. The summed E-state index contributed by atoms with van der Waals surface area (Å²) in [4.78, 5) is 2.48. The zero-order valence-electron chi connectivity index (χ0n) is 7.21. The Morgan fingerprint density at radius 3 is 2.45 bits per heavy atom. The van der Waals surface area contributed by atoms with Crippen LogP contribution in [0.2, 0.25) is 0 Å². The van der Waals surface area contributed by atoms with E-state index in [0.717, 1.165) is 26.3 Å². The van der Waals surface area contributed by atoms with Gasteiger partial charge in [0.2, 0.25) is 0 Å². The molecule has 2 nitrogen and oxygen atoms in total. The molecule has 1 aliphatic heterocycles. The summed E-state index contributed by atoms with van der Waals surface area (Å²) in [5.41, 5.74) is 0. The van der Waals surface area contributed by atoms with E-state index in [0.29, 0.717) is 0 Å². The van der Waals surface area contributed by atoms with E-state index in [1.165, 1.54) is 19.4 Å². The predicted molar refractivity (Wildman–Crippen MR) is 49.4 cm³/mol. The van der Waals surface area contributed by atoms with Gasteiger partial charge in [0, 0.05) is 13.1 Å². The minimum absolute atomic E-state index is 0. The van der Waals surface area contributed by atoms with E-state index in [1.807, 2.05) is 0 Å². The van der Waals surface area contributed by atoms with Gasteiger partial charge in [-0.05, 0) is 13.0 Å². The van der Waals surface area contributed by atoms with Gasteiger partial charge in [0.15, 0.2) is 0 Å². The second-order valence-electron chi connectivity index (χ2n) is 2.81. The summed E-state index contributed by atoms with van der Waals surface area (Å²) >= 11 is 0. The summed E-state index contributed by atoms with van der Waals surface area (Å²) in [7, 11) is 0. The fraction of sp³-hybridized carbons (Fsp3) is 1.00. The highest BCUT2D eigenvalue weighted by atomic mass is 35.5. The minimum Gasteiger partial charge on any atom is -0.379 e. The smallest absolute Gasteiger partial charge is 0.0594 e. The summed E-state index contributed by atoms with van der Waals surface area (Å²) in [5.74, 6) is 0. The molecule has 0 aromatic rings. The molecule has 0 bridgehead atoms. The van der Waals surface area contributed by atoms with E-state index in [1.54, 1.807) is 0 Å². The molecule has 0 N–H and O–H groups in total. The van der Waals surface area contributed by atoms with Crippen LogP contribution < -0.4 is 0 Å². The van der Waals surface area contributed by atoms with Gasteiger partial charge in [0.05, 0.1) is 13.2 Å². The van der Waals surface area contributed by atoms with Gasteiger partial charge in [-0.15, -0.1) is 12.4 Å². The van der Waals surface area contributed by atoms with E-state index >= 15 is 0 Å². The fourth-order valence-electron chi connectivity index (χ4n) is 1.21. The third-order valence-electron chi connectivity index (χ3n) is 1.93. The Bertz CT molecular complexity index is 84.2. The number of halogens is 1.